The fourth-order valence-electron chi connectivity index (χ4n) is 2.78. The monoisotopic (exact) mass is 346 g/mol. The molecule has 0 aromatic heterocycles. The molecule has 2 aromatic rings. The van der Waals surface area contributed by atoms with Crippen molar-refractivity contribution in [3.8, 4) is 11.5 Å². The molecule has 1 heterocycles. The number of aromatic hydroxyl groups is 2. The third-order valence-corrected chi connectivity index (χ3v) is 4.44. The summed E-state index contributed by atoms with van der Waals surface area (Å²) in [6.07, 6.45) is 1.64. The largest absolute Gasteiger partial charge is 0.508 e. The number of hydrazone groups is 1. The minimum absolute atomic E-state index is 0.0331. The molecule has 3 rings (SSSR count). The molecular formula is C18H21ClN3O2+. The number of hydrogen-bond donors (Lipinski definition) is 3. The van der Waals surface area contributed by atoms with E-state index in [1.165, 1.54) is 22.6 Å². The van der Waals surface area contributed by atoms with Gasteiger partial charge in [-0.1, -0.05) is 23.7 Å². The molecule has 1 fully saturated rings. The van der Waals surface area contributed by atoms with Gasteiger partial charge in [0.1, 0.15) is 18.0 Å². The van der Waals surface area contributed by atoms with Crippen LogP contribution in [0, 0.1) is 0 Å². The first-order valence-corrected chi connectivity index (χ1v) is 8.37. The first-order valence-electron chi connectivity index (χ1n) is 7.99. The Morgan fingerprint density at radius 3 is 2.46 bits per heavy atom. The number of hydrogen-bond acceptors (Lipinski definition) is 4. The summed E-state index contributed by atoms with van der Waals surface area (Å²) < 4.78 is 0. The van der Waals surface area contributed by atoms with Gasteiger partial charge in [0, 0.05) is 22.2 Å². The van der Waals surface area contributed by atoms with E-state index in [0.29, 0.717) is 5.56 Å². The molecule has 0 saturated carbocycles. The van der Waals surface area contributed by atoms with Crippen LogP contribution in [0.3, 0.4) is 0 Å². The zero-order valence-electron chi connectivity index (χ0n) is 13.3. The SMILES string of the molecule is Oc1ccc(/C=N/N2CC[NH+](Cc3ccc(Cl)cc3)CC2)c(O)c1. The first kappa shape index (κ1) is 16.6. The molecule has 0 aliphatic carbocycles. The van der Waals surface area contributed by atoms with Crippen LogP contribution in [0.15, 0.2) is 47.6 Å². The summed E-state index contributed by atoms with van der Waals surface area (Å²) in [4.78, 5) is 1.52. The second kappa shape index (κ2) is 7.55. The fourth-order valence-corrected chi connectivity index (χ4v) is 2.91. The van der Waals surface area contributed by atoms with Crippen molar-refractivity contribution in [1.82, 2.24) is 5.01 Å². The van der Waals surface area contributed by atoms with Crippen molar-refractivity contribution in [2.75, 3.05) is 26.2 Å². The van der Waals surface area contributed by atoms with Crippen molar-refractivity contribution in [3.63, 3.8) is 0 Å². The number of phenols is 2. The Kier molecular flexibility index (Phi) is 5.23. The van der Waals surface area contributed by atoms with E-state index in [9.17, 15) is 10.2 Å². The summed E-state index contributed by atoms with van der Waals surface area (Å²) in [6, 6.07) is 12.5. The van der Waals surface area contributed by atoms with Gasteiger partial charge in [0.15, 0.2) is 0 Å². The van der Waals surface area contributed by atoms with Crippen LogP contribution in [-0.2, 0) is 6.54 Å². The third-order valence-electron chi connectivity index (χ3n) is 4.19. The van der Waals surface area contributed by atoms with Gasteiger partial charge < -0.3 is 15.1 Å². The second-order valence-corrected chi connectivity index (χ2v) is 6.43. The minimum Gasteiger partial charge on any atom is -0.508 e. The fraction of sp³-hybridized carbons (Fsp3) is 0.278. The maximum absolute atomic E-state index is 9.76. The first-order chi connectivity index (χ1) is 11.6. The number of phenolic OH excluding ortho intramolecular Hbond substituents is 2. The quantitative estimate of drug-likeness (QED) is 0.735. The number of piperazine rings is 1. The highest BCUT2D eigenvalue weighted by molar-refractivity contribution is 6.30. The number of halogens is 1. The average Bonchev–Trinajstić information content (AvgIpc) is 2.57. The number of nitrogens with zero attached hydrogens (tertiary/aromatic N) is 2. The summed E-state index contributed by atoms with van der Waals surface area (Å²) in [7, 11) is 0. The Bertz CT molecular complexity index is 711. The van der Waals surface area contributed by atoms with E-state index in [4.69, 9.17) is 11.6 Å². The average molecular weight is 347 g/mol. The molecule has 3 N–H and O–H groups in total. The Balaban J connectivity index is 1.51. The predicted molar refractivity (Wildman–Crippen MR) is 94.8 cm³/mol. The Hall–Kier alpha value is -2.24. The van der Waals surface area contributed by atoms with Crippen LogP contribution >= 0.6 is 11.6 Å². The van der Waals surface area contributed by atoms with E-state index in [1.807, 2.05) is 17.1 Å². The molecule has 0 unspecified atom stereocenters. The van der Waals surface area contributed by atoms with Crippen LogP contribution in [0.5, 0.6) is 11.5 Å². The van der Waals surface area contributed by atoms with Crippen LogP contribution in [0.25, 0.3) is 0 Å². The summed E-state index contributed by atoms with van der Waals surface area (Å²) in [5.74, 6) is 0.0785. The van der Waals surface area contributed by atoms with Crippen molar-refractivity contribution in [1.29, 1.82) is 0 Å². The lowest BCUT2D eigenvalue weighted by molar-refractivity contribution is -0.918. The predicted octanol–water partition coefficient (Wildman–Crippen LogP) is 1.49. The Morgan fingerprint density at radius 2 is 1.79 bits per heavy atom. The minimum atomic E-state index is 0.0331. The molecule has 0 radical (unpaired) electrons. The van der Waals surface area contributed by atoms with Crippen molar-refractivity contribution in [2.24, 2.45) is 5.10 Å². The maximum atomic E-state index is 9.76. The second-order valence-electron chi connectivity index (χ2n) is 5.99. The highest BCUT2D eigenvalue weighted by Crippen LogP contribution is 2.20. The van der Waals surface area contributed by atoms with Crippen LogP contribution in [0.1, 0.15) is 11.1 Å². The molecule has 0 spiro atoms. The summed E-state index contributed by atoms with van der Waals surface area (Å²) in [6.45, 7) is 4.77. The topological polar surface area (TPSA) is 60.5 Å². The van der Waals surface area contributed by atoms with E-state index < -0.39 is 0 Å². The van der Waals surface area contributed by atoms with Crippen LogP contribution in [0.2, 0.25) is 5.02 Å². The highest BCUT2D eigenvalue weighted by Gasteiger charge is 2.18. The molecule has 1 saturated heterocycles. The number of rotatable bonds is 4. The van der Waals surface area contributed by atoms with Gasteiger partial charge >= 0.3 is 0 Å². The standard InChI is InChI=1S/C18H20ClN3O2/c19-16-4-1-14(2-5-16)13-21-7-9-22(10-8-21)20-12-15-3-6-17(23)11-18(15)24/h1-6,11-12,23-24H,7-10,13H2/p+1/b20-12+. The lowest BCUT2D eigenvalue weighted by Crippen LogP contribution is -3.13. The van der Waals surface area contributed by atoms with Gasteiger partial charge in [0.25, 0.3) is 0 Å². The van der Waals surface area contributed by atoms with Crippen molar-refractivity contribution in [3.05, 3.63) is 58.6 Å². The molecule has 5 nitrogen and oxygen atoms in total. The van der Waals surface area contributed by atoms with Gasteiger partial charge in [-0.05, 0) is 24.3 Å². The molecule has 1 aliphatic rings. The Morgan fingerprint density at radius 1 is 1.08 bits per heavy atom. The Labute approximate surface area is 146 Å². The van der Waals surface area contributed by atoms with Crippen LogP contribution in [-0.4, -0.2) is 47.6 Å². The summed E-state index contributed by atoms with van der Waals surface area (Å²) in [5.41, 5.74) is 1.89. The van der Waals surface area contributed by atoms with E-state index in [1.54, 1.807) is 12.3 Å². The molecule has 2 aromatic carbocycles. The van der Waals surface area contributed by atoms with Gasteiger partial charge in [-0.25, -0.2) is 0 Å². The maximum Gasteiger partial charge on any atom is 0.128 e. The molecular weight excluding hydrogens is 326 g/mol. The lowest BCUT2D eigenvalue weighted by atomic mass is 10.2. The van der Waals surface area contributed by atoms with Gasteiger partial charge in [-0.2, -0.15) is 5.10 Å². The van der Waals surface area contributed by atoms with E-state index >= 15 is 0 Å². The summed E-state index contributed by atoms with van der Waals surface area (Å²) in [5, 5.41) is 26.3. The number of benzene rings is 2. The highest BCUT2D eigenvalue weighted by atomic mass is 35.5. The molecule has 0 amide bonds. The van der Waals surface area contributed by atoms with Crippen molar-refractivity contribution < 1.29 is 15.1 Å². The molecule has 0 atom stereocenters. The molecule has 0 bridgehead atoms. The summed E-state index contributed by atoms with van der Waals surface area (Å²) >= 11 is 5.92. The zero-order chi connectivity index (χ0) is 16.9. The van der Waals surface area contributed by atoms with E-state index in [2.05, 4.69) is 17.2 Å². The molecule has 6 heteroatoms. The van der Waals surface area contributed by atoms with Gasteiger partial charge in [0.2, 0.25) is 0 Å². The molecule has 24 heavy (non-hydrogen) atoms. The van der Waals surface area contributed by atoms with Crippen LogP contribution in [0.4, 0.5) is 0 Å². The lowest BCUT2D eigenvalue weighted by Gasteiger charge is -2.30. The number of nitrogens with one attached hydrogen (secondary N) is 1. The molecule has 1 aliphatic heterocycles. The van der Waals surface area contributed by atoms with Crippen LogP contribution < -0.4 is 4.90 Å². The zero-order valence-corrected chi connectivity index (χ0v) is 14.1. The van der Waals surface area contributed by atoms with Gasteiger partial charge in [-0.15, -0.1) is 0 Å². The normalized spacial score (nSPS) is 16.0. The van der Waals surface area contributed by atoms with E-state index in [0.717, 1.165) is 37.7 Å². The number of quaternary nitrogens is 1. The smallest absolute Gasteiger partial charge is 0.128 e. The van der Waals surface area contributed by atoms with Gasteiger partial charge in [0.05, 0.1) is 32.4 Å². The van der Waals surface area contributed by atoms with Crippen molar-refractivity contribution >= 4 is 17.8 Å². The third kappa shape index (κ3) is 4.40. The van der Waals surface area contributed by atoms with E-state index in [-0.39, 0.29) is 11.5 Å². The van der Waals surface area contributed by atoms with Gasteiger partial charge in [-0.3, -0.25) is 5.01 Å². The molecule has 126 valence electrons. The van der Waals surface area contributed by atoms with Crippen molar-refractivity contribution in [2.45, 2.75) is 6.54 Å².